The van der Waals surface area contributed by atoms with Gasteiger partial charge in [-0.2, -0.15) is 11.8 Å². The Morgan fingerprint density at radius 3 is 2.77 bits per heavy atom. The molecule has 0 aromatic heterocycles. The van der Waals surface area contributed by atoms with E-state index in [0.717, 1.165) is 44.6 Å². The van der Waals surface area contributed by atoms with Crippen LogP contribution in [0.5, 0.6) is 0 Å². The molecular weight excluding hydrogens is 184 g/mol. The fraction of sp³-hybridized carbons (Fsp3) is 1.00. The molecule has 0 amide bonds. The smallest absolute Gasteiger partial charge is 0.0550 e. The summed E-state index contributed by atoms with van der Waals surface area (Å²) < 4.78 is 5.28. The number of aliphatic hydroxyl groups is 1. The second kappa shape index (κ2) is 6.68. The fourth-order valence-electron chi connectivity index (χ4n) is 1.74. The van der Waals surface area contributed by atoms with E-state index in [-0.39, 0.29) is 6.10 Å². The Hall–Kier alpha value is 0.270. The topological polar surface area (TPSA) is 29.5 Å². The van der Waals surface area contributed by atoms with Gasteiger partial charge in [0.25, 0.3) is 0 Å². The molecule has 0 aromatic carbocycles. The average molecular weight is 204 g/mol. The molecule has 1 N–H and O–H groups in total. The summed E-state index contributed by atoms with van der Waals surface area (Å²) in [5.41, 5.74) is 0. The van der Waals surface area contributed by atoms with Crippen molar-refractivity contribution in [2.75, 3.05) is 25.2 Å². The summed E-state index contributed by atoms with van der Waals surface area (Å²) in [5, 5.41) is 9.68. The minimum Gasteiger partial charge on any atom is -0.393 e. The summed E-state index contributed by atoms with van der Waals surface area (Å²) in [6, 6.07) is 0. The molecule has 0 radical (unpaired) electrons. The number of rotatable bonds is 5. The maximum atomic E-state index is 9.68. The maximum absolute atomic E-state index is 9.68. The standard InChI is InChI=1S/C10H20O2S/c1-13-7-4-10(11)8-9-2-5-12-6-3-9/h9-11H,2-8H2,1H3. The Morgan fingerprint density at radius 2 is 2.15 bits per heavy atom. The zero-order chi connectivity index (χ0) is 9.52. The first-order valence-corrected chi connectivity index (χ1v) is 6.47. The van der Waals surface area contributed by atoms with Gasteiger partial charge in [0.1, 0.15) is 0 Å². The normalized spacial score (nSPS) is 21.7. The van der Waals surface area contributed by atoms with Crippen molar-refractivity contribution in [2.45, 2.75) is 31.8 Å². The molecule has 3 heteroatoms. The predicted molar refractivity (Wildman–Crippen MR) is 57.2 cm³/mol. The van der Waals surface area contributed by atoms with E-state index in [9.17, 15) is 5.11 Å². The van der Waals surface area contributed by atoms with Crippen LogP contribution < -0.4 is 0 Å². The molecule has 1 saturated heterocycles. The Labute approximate surface area is 85.0 Å². The van der Waals surface area contributed by atoms with Gasteiger partial charge in [0.05, 0.1) is 6.10 Å². The number of hydrogen-bond donors (Lipinski definition) is 1. The molecule has 13 heavy (non-hydrogen) atoms. The van der Waals surface area contributed by atoms with Crippen LogP contribution in [0.1, 0.15) is 25.7 Å². The van der Waals surface area contributed by atoms with Crippen molar-refractivity contribution in [3.05, 3.63) is 0 Å². The van der Waals surface area contributed by atoms with E-state index >= 15 is 0 Å². The van der Waals surface area contributed by atoms with Gasteiger partial charge < -0.3 is 9.84 Å². The lowest BCUT2D eigenvalue weighted by molar-refractivity contribution is 0.0433. The first-order chi connectivity index (χ1) is 6.33. The summed E-state index contributed by atoms with van der Waals surface area (Å²) in [6.07, 6.45) is 6.19. The van der Waals surface area contributed by atoms with Crippen molar-refractivity contribution in [1.82, 2.24) is 0 Å². The highest BCUT2D eigenvalue weighted by Gasteiger charge is 2.17. The molecule has 1 aliphatic heterocycles. The van der Waals surface area contributed by atoms with Gasteiger partial charge in [-0.15, -0.1) is 0 Å². The van der Waals surface area contributed by atoms with Gasteiger partial charge >= 0.3 is 0 Å². The van der Waals surface area contributed by atoms with E-state index in [0.29, 0.717) is 5.92 Å². The lowest BCUT2D eigenvalue weighted by Crippen LogP contribution is -2.21. The van der Waals surface area contributed by atoms with Crippen molar-refractivity contribution in [1.29, 1.82) is 0 Å². The van der Waals surface area contributed by atoms with Crippen LogP contribution in [-0.4, -0.2) is 36.4 Å². The third-order valence-corrected chi connectivity index (χ3v) is 3.25. The summed E-state index contributed by atoms with van der Waals surface area (Å²) in [5.74, 6) is 1.77. The Bertz CT molecular complexity index is 124. The lowest BCUT2D eigenvalue weighted by Gasteiger charge is -2.24. The molecule has 0 saturated carbocycles. The van der Waals surface area contributed by atoms with E-state index in [1.807, 2.05) is 11.8 Å². The van der Waals surface area contributed by atoms with E-state index < -0.39 is 0 Å². The monoisotopic (exact) mass is 204 g/mol. The Balaban J connectivity index is 2.07. The summed E-state index contributed by atoms with van der Waals surface area (Å²) >= 11 is 1.81. The molecule has 1 rings (SSSR count). The molecular formula is C10H20O2S. The highest BCUT2D eigenvalue weighted by molar-refractivity contribution is 7.98. The largest absolute Gasteiger partial charge is 0.393 e. The number of ether oxygens (including phenoxy) is 1. The predicted octanol–water partition coefficient (Wildman–Crippen LogP) is 1.92. The van der Waals surface area contributed by atoms with Crippen LogP contribution in [0.15, 0.2) is 0 Å². The molecule has 1 fully saturated rings. The number of aliphatic hydroxyl groups excluding tert-OH is 1. The molecule has 0 bridgehead atoms. The Kier molecular flexibility index (Phi) is 5.83. The molecule has 1 atom stereocenters. The van der Waals surface area contributed by atoms with Gasteiger partial charge in [-0.05, 0) is 43.6 Å². The van der Waals surface area contributed by atoms with Gasteiger partial charge in [-0.25, -0.2) is 0 Å². The highest BCUT2D eigenvalue weighted by Crippen LogP contribution is 2.21. The molecule has 2 nitrogen and oxygen atoms in total. The fourth-order valence-corrected chi connectivity index (χ4v) is 2.25. The Morgan fingerprint density at radius 1 is 1.46 bits per heavy atom. The number of hydrogen-bond acceptors (Lipinski definition) is 3. The van der Waals surface area contributed by atoms with Crippen molar-refractivity contribution in [2.24, 2.45) is 5.92 Å². The number of thioether (sulfide) groups is 1. The minimum atomic E-state index is -0.0875. The van der Waals surface area contributed by atoms with E-state index in [4.69, 9.17) is 4.74 Å². The van der Waals surface area contributed by atoms with Gasteiger partial charge in [0, 0.05) is 13.2 Å². The average Bonchev–Trinajstić information content (AvgIpc) is 2.16. The zero-order valence-electron chi connectivity index (χ0n) is 8.37. The van der Waals surface area contributed by atoms with Crippen LogP contribution in [0.3, 0.4) is 0 Å². The molecule has 0 aromatic rings. The molecule has 1 heterocycles. The molecule has 0 spiro atoms. The van der Waals surface area contributed by atoms with Gasteiger partial charge in [-0.1, -0.05) is 0 Å². The first-order valence-electron chi connectivity index (χ1n) is 5.07. The van der Waals surface area contributed by atoms with Crippen LogP contribution in [0.4, 0.5) is 0 Å². The second-order valence-electron chi connectivity index (χ2n) is 3.73. The first kappa shape index (κ1) is 11.3. The summed E-state index contributed by atoms with van der Waals surface area (Å²) in [7, 11) is 0. The van der Waals surface area contributed by atoms with Crippen LogP contribution in [0.25, 0.3) is 0 Å². The van der Waals surface area contributed by atoms with Crippen molar-refractivity contribution >= 4 is 11.8 Å². The van der Waals surface area contributed by atoms with Crippen LogP contribution in [-0.2, 0) is 4.74 Å². The van der Waals surface area contributed by atoms with Crippen molar-refractivity contribution in [3.63, 3.8) is 0 Å². The molecule has 1 aliphatic rings. The quantitative estimate of drug-likeness (QED) is 0.742. The van der Waals surface area contributed by atoms with Crippen LogP contribution >= 0.6 is 11.8 Å². The van der Waals surface area contributed by atoms with Gasteiger partial charge in [0.15, 0.2) is 0 Å². The third-order valence-electron chi connectivity index (χ3n) is 2.60. The third kappa shape index (κ3) is 4.89. The zero-order valence-corrected chi connectivity index (χ0v) is 9.18. The van der Waals surface area contributed by atoms with Crippen LogP contribution in [0.2, 0.25) is 0 Å². The molecule has 78 valence electrons. The van der Waals surface area contributed by atoms with Gasteiger partial charge in [0.2, 0.25) is 0 Å². The van der Waals surface area contributed by atoms with Crippen molar-refractivity contribution in [3.8, 4) is 0 Å². The highest BCUT2D eigenvalue weighted by atomic mass is 32.2. The van der Waals surface area contributed by atoms with E-state index in [2.05, 4.69) is 6.26 Å². The van der Waals surface area contributed by atoms with E-state index in [1.165, 1.54) is 0 Å². The van der Waals surface area contributed by atoms with Crippen LogP contribution in [0, 0.1) is 5.92 Å². The lowest BCUT2D eigenvalue weighted by atomic mass is 9.93. The van der Waals surface area contributed by atoms with Crippen molar-refractivity contribution < 1.29 is 9.84 Å². The van der Waals surface area contributed by atoms with Gasteiger partial charge in [-0.3, -0.25) is 0 Å². The van der Waals surface area contributed by atoms with E-state index in [1.54, 1.807) is 0 Å². The minimum absolute atomic E-state index is 0.0875. The second-order valence-corrected chi connectivity index (χ2v) is 4.71. The summed E-state index contributed by atoms with van der Waals surface area (Å²) in [4.78, 5) is 0. The summed E-state index contributed by atoms with van der Waals surface area (Å²) in [6.45, 7) is 1.78. The molecule has 1 unspecified atom stereocenters. The maximum Gasteiger partial charge on any atom is 0.0550 e. The SMILES string of the molecule is CSCCC(O)CC1CCOCC1. The molecule has 0 aliphatic carbocycles.